The Hall–Kier alpha value is -0.0800. The van der Waals surface area contributed by atoms with E-state index < -0.39 is 0 Å². The molecule has 0 spiro atoms. The van der Waals surface area contributed by atoms with E-state index in [1.165, 1.54) is 58.2 Å². The van der Waals surface area contributed by atoms with Crippen molar-refractivity contribution in [2.24, 2.45) is 5.92 Å². The van der Waals surface area contributed by atoms with Gasteiger partial charge in [0.05, 0.1) is 0 Å². The summed E-state index contributed by atoms with van der Waals surface area (Å²) in [5.41, 5.74) is 0. The van der Waals surface area contributed by atoms with Gasteiger partial charge in [0.1, 0.15) is 0 Å². The molecular weight excluding hydrogens is 196 g/mol. The molecule has 2 atom stereocenters. The normalized spacial score (nSPS) is 31.9. The number of hydrogen-bond acceptors (Lipinski definition) is 2. The van der Waals surface area contributed by atoms with Crippen molar-refractivity contribution < 1.29 is 0 Å². The van der Waals surface area contributed by atoms with Crippen LogP contribution in [0.25, 0.3) is 0 Å². The van der Waals surface area contributed by atoms with E-state index in [0.717, 1.165) is 18.0 Å². The lowest BCUT2D eigenvalue weighted by molar-refractivity contribution is 0.114. The van der Waals surface area contributed by atoms with Crippen molar-refractivity contribution in [1.82, 2.24) is 10.2 Å². The molecule has 1 saturated carbocycles. The van der Waals surface area contributed by atoms with Crippen LogP contribution in [0.5, 0.6) is 0 Å². The highest BCUT2D eigenvalue weighted by Gasteiger charge is 2.31. The van der Waals surface area contributed by atoms with Crippen LogP contribution < -0.4 is 5.32 Å². The molecule has 2 nitrogen and oxygen atoms in total. The van der Waals surface area contributed by atoms with Gasteiger partial charge in [0.25, 0.3) is 0 Å². The molecular formula is C14H28N2. The lowest BCUT2D eigenvalue weighted by atomic mass is 10.0. The second-order valence-corrected chi connectivity index (χ2v) is 5.73. The molecule has 2 fully saturated rings. The average Bonchev–Trinajstić information content (AvgIpc) is 3.06. The molecule has 2 unspecified atom stereocenters. The first kappa shape index (κ1) is 12.4. The largest absolute Gasteiger partial charge is 0.311 e. The van der Waals surface area contributed by atoms with Crippen molar-refractivity contribution in [3.05, 3.63) is 0 Å². The summed E-state index contributed by atoms with van der Waals surface area (Å²) in [6, 6.07) is 1.58. The van der Waals surface area contributed by atoms with Crippen molar-refractivity contribution in [3.8, 4) is 0 Å². The quantitative estimate of drug-likeness (QED) is 0.746. The van der Waals surface area contributed by atoms with Crippen molar-refractivity contribution in [3.63, 3.8) is 0 Å². The minimum Gasteiger partial charge on any atom is -0.311 e. The molecule has 94 valence electrons. The summed E-state index contributed by atoms with van der Waals surface area (Å²) in [6.45, 7) is 8.52. The van der Waals surface area contributed by atoms with Crippen molar-refractivity contribution >= 4 is 0 Å². The summed E-state index contributed by atoms with van der Waals surface area (Å²) >= 11 is 0. The van der Waals surface area contributed by atoms with E-state index in [2.05, 4.69) is 24.1 Å². The third-order valence-corrected chi connectivity index (χ3v) is 4.06. The molecule has 0 aromatic rings. The second-order valence-electron chi connectivity index (χ2n) is 5.73. The van der Waals surface area contributed by atoms with Gasteiger partial charge in [0.15, 0.2) is 0 Å². The highest BCUT2D eigenvalue weighted by atomic mass is 15.2. The van der Waals surface area contributed by atoms with Crippen LogP contribution in [0.4, 0.5) is 0 Å². The molecule has 0 aromatic heterocycles. The summed E-state index contributed by atoms with van der Waals surface area (Å²) in [5, 5.41) is 3.74. The number of rotatable bonds is 6. The van der Waals surface area contributed by atoms with Crippen LogP contribution in [0.3, 0.4) is 0 Å². The molecule has 1 heterocycles. The Labute approximate surface area is 101 Å². The third kappa shape index (κ3) is 3.46. The Balaban J connectivity index is 1.83. The van der Waals surface area contributed by atoms with Gasteiger partial charge in [-0.25, -0.2) is 0 Å². The topological polar surface area (TPSA) is 15.3 Å². The van der Waals surface area contributed by atoms with Gasteiger partial charge in [0, 0.05) is 31.7 Å². The van der Waals surface area contributed by atoms with Crippen LogP contribution in [0.1, 0.15) is 52.4 Å². The van der Waals surface area contributed by atoms with Crippen molar-refractivity contribution in [2.45, 2.75) is 64.5 Å². The summed E-state index contributed by atoms with van der Waals surface area (Å²) in [4.78, 5) is 2.79. The van der Waals surface area contributed by atoms with Gasteiger partial charge < -0.3 is 5.32 Å². The Kier molecular flexibility index (Phi) is 4.66. The minimum absolute atomic E-state index is 0.761. The summed E-state index contributed by atoms with van der Waals surface area (Å²) in [6.07, 6.45) is 8.33. The lowest BCUT2D eigenvalue weighted by Gasteiger charge is -2.40. The number of nitrogens with one attached hydrogen (secondary N) is 1. The van der Waals surface area contributed by atoms with Crippen LogP contribution in [0.15, 0.2) is 0 Å². The maximum absolute atomic E-state index is 3.74. The van der Waals surface area contributed by atoms with Crippen LogP contribution >= 0.6 is 0 Å². The standard InChI is InChI=1S/C14H28N2/c1-3-5-13-11-16(10-12-7-8-12)14(6-4-2)9-15-13/h12-15H,3-11H2,1-2H3. The molecule has 2 rings (SSSR count). The predicted molar refractivity (Wildman–Crippen MR) is 69.7 cm³/mol. The molecule has 1 saturated heterocycles. The van der Waals surface area contributed by atoms with Gasteiger partial charge in [0.2, 0.25) is 0 Å². The minimum atomic E-state index is 0.761. The zero-order chi connectivity index (χ0) is 11.4. The van der Waals surface area contributed by atoms with Gasteiger partial charge >= 0.3 is 0 Å². The van der Waals surface area contributed by atoms with Crippen LogP contribution in [0, 0.1) is 5.92 Å². The van der Waals surface area contributed by atoms with Crippen molar-refractivity contribution in [2.75, 3.05) is 19.6 Å². The molecule has 0 radical (unpaired) electrons. The Morgan fingerprint density at radius 1 is 1.12 bits per heavy atom. The SMILES string of the molecule is CCCC1CN(CC2CC2)C(CCC)CN1. The zero-order valence-corrected chi connectivity index (χ0v) is 11.0. The highest BCUT2D eigenvalue weighted by Crippen LogP contribution is 2.31. The number of nitrogens with zero attached hydrogens (tertiary/aromatic N) is 1. The molecule has 16 heavy (non-hydrogen) atoms. The maximum Gasteiger partial charge on any atom is 0.0221 e. The van der Waals surface area contributed by atoms with Gasteiger partial charge in [-0.15, -0.1) is 0 Å². The Morgan fingerprint density at radius 3 is 2.50 bits per heavy atom. The van der Waals surface area contributed by atoms with Gasteiger partial charge in [-0.1, -0.05) is 26.7 Å². The fourth-order valence-corrected chi connectivity index (χ4v) is 2.94. The first-order chi connectivity index (χ1) is 7.83. The lowest BCUT2D eigenvalue weighted by Crippen LogP contribution is -2.56. The number of hydrogen-bond donors (Lipinski definition) is 1. The monoisotopic (exact) mass is 224 g/mol. The van der Waals surface area contributed by atoms with Crippen LogP contribution in [0.2, 0.25) is 0 Å². The van der Waals surface area contributed by atoms with E-state index in [4.69, 9.17) is 0 Å². The van der Waals surface area contributed by atoms with E-state index in [1.807, 2.05) is 0 Å². The fraction of sp³-hybridized carbons (Fsp3) is 1.00. The second kappa shape index (κ2) is 6.02. The van der Waals surface area contributed by atoms with E-state index >= 15 is 0 Å². The predicted octanol–water partition coefficient (Wildman–Crippen LogP) is 2.64. The van der Waals surface area contributed by atoms with Crippen molar-refractivity contribution in [1.29, 1.82) is 0 Å². The van der Waals surface area contributed by atoms with E-state index in [1.54, 1.807) is 0 Å². The van der Waals surface area contributed by atoms with E-state index in [0.29, 0.717) is 0 Å². The average molecular weight is 224 g/mol. The first-order valence-electron chi connectivity index (χ1n) is 7.30. The fourth-order valence-electron chi connectivity index (χ4n) is 2.94. The van der Waals surface area contributed by atoms with E-state index in [9.17, 15) is 0 Å². The summed E-state index contributed by atoms with van der Waals surface area (Å²) in [5.74, 6) is 1.04. The van der Waals surface area contributed by atoms with Gasteiger partial charge in [-0.3, -0.25) is 4.90 Å². The molecule has 1 N–H and O–H groups in total. The highest BCUT2D eigenvalue weighted by molar-refractivity contribution is 4.89. The molecule has 1 aliphatic heterocycles. The van der Waals surface area contributed by atoms with Crippen LogP contribution in [-0.4, -0.2) is 36.6 Å². The maximum atomic E-state index is 3.74. The third-order valence-electron chi connectivity index (χ3n) is 4.06. The molecule has 2 heteroatoms. The van der Waals surface area contributed by atoms with Gasteiger partial charge in [-0.2, -0.15) is 0 Å². The summed E-state index contributed by atoms with van der Waals surface area (Å²) < 4.78 is 0. The number of piperazine rings is 1. The van der Waals surface area contributed by atoms with E-state index in [-0.39, 0.29) is 0 Å². The van der Waals surface area contributed by atoms with Gasteiger partial charge in [-0.05, 0) is 31.6 Å². The molecule has 2 aliphatic rings. The molecule has 0 amide bonds. The molecule has 0 bridgehead atoms. The zero-order valence-electron chi connectivity index (χ0n) is 11.0. The molecule has 0 aromatic carbocycles. The first-order valence-corrected chi connectivity index (χ1v) is 7.30. The molecule has 1 aliphatic carbocycles. The Bertz CT molecular complexity index is 201. The summed E-state index contributed by atoms with van der Waals surface area (Å²) in [7, 11) is 0. The smallest absolute Gasteiger partial charge is 0.0221 e. The Morgan fingerprint density at radius 2 is 1.88 bits per heavy atom. The van der Waals surface area contributed by atoms with Crippen LogP contribution in [-0.2, 0) is 0 Å².